The van der Waals surface area contributed by atoms with Gasteiger partial charge in [0, 0.05) is 71.9 Å². The molecule has 4 rings (SSSR count). The summed E-state index contributed by atoms with van der Waals surface area (Å²) in [4.78, 5) is 16.7. The van der Waals surface area contributed by atoms with Gasteiger partial charge < -0.3 is 10.2 Å². The van der Waals surface area contributed by atoms with Crippen LogP contribution in [0.1, 0.15) is 77.8 Å². The van der Waals surface area contributed by atoms with Gasteiger partial charge in [-0.05, 0) is 87.5 Å². The maximum absolute atomic E-state index is 12.2. The molecule has 0 fully saturated rings. The van der Waals surface area contributed by atoms with Crippen molar-refractivity contribution in [2.75, 3.05) is 31.1 Å². The van der Waals surface area contributed by atoms with Crippen LogP contribution >= 0.6 is 0 Å². The number of rotatable bonds is 17. The summed E-state index contributed by atoms with van der Waals surface area (Å²) in [5, 5.41) is 6.30. The largest absolute Gasteiger partial charge is 0.356 e. The van der Waals surface area contributed by atoms with Gasteiger partial charge in [-0.25, -0.2) is 0 Å². The fourth-order valence-electron chi connectivity index (χ4n) is 6.94. The van der Waals surface area contributed by atoms with Crippen molar-refractivity contribution in [1.29, 1.82) is 0 Å². The topological polar surface area (TPSA) is 193 Å². The normalized spacial score (nSPS) is 17.3. The van der Waals surface area contributed by atoms with E-state index in [0.717, 1.165) is 46.8 Å². The Morgan fingerprint density at radius 2 is 1.53 bits per heavy atom. The van der Waals surface area contributed by atoms with E-state index in [-0.39, 0.29) is 15.7 Å². The molecule has 13 nitrogen and oxygen atoms in total. The lowest BCUT2D eigenvalue weighted by atomic mass is 9.81. The van der Waals surface area contributed by atoms with E-state index in [0.29, 0.717) is 45.4 Å². The molecule has 0 spiro atoms. The molecule has 0 bridgehead atoms. The zero-order chi connectivity index (χ0) is 39.0. The number of hydrogen-bond donors (Lipinski definition) is 3. The minimum absolute atomic E-state index is 0.0439. The standard InChI is InChI=1S/C38H48N6O7S2/c1-6-43-32-21-19-28(52(46,47)48)26-30(32)37(2,3)34(43)16-11-8-7-9-12-17-35-38(4,5)31-27-29(53(49,50)51)20-22-33(31)44(35)25-14-10-13-18-36(45)40-23-15-24-41-42-39/h7-9,11-12,16-17,19-22,26-27H,6,10,13-15,18,23-25H2,1-5H3,(H2-,40,45,46,47,48,49,50,51)/p+1. The van der Waals surface area contributed by atoms with E-state index in [1.54, 1.807) is 12.1 Å². The third-order valence-corrected chi connectivity index (χ3v) is 11.4. The first-order valence-electron chi connectivity index (χ1n) is 17.6. The van der Waals surface area contributed by atoms with Crippen molar-refractivity contribution < 1.29 is 35.3 Å². The fourth-order valence-corrected chi connectivity index (χ4v) is 7.95. The van der Waals surface area contributed by atoms with Gasteiger partial charge in [-0.3, -0.25) is 13.9 Å². The summed E-state index contributed by atoms with van der Waals surface area (Å²) < 4.78 is 69.1. The molecule has 0 atom stereocenters. The number of amides is 1. The summed E-state index contributed by atoms with van der Waals surface area (Å²) in [7, 11) is -8.72. The highest BCUT2D eigenvalue weighted by Gasteiger charge is 2.45. The SMILES string of the molecule is CCN1/C(=C/C=C/C=C/C=C/C2=[N+](CCCCCC(=O)NCCCN=[N+]=[N-])c3ccc(S(=O)(=O)O)cc3C2(C)C)C(C)(C)c2cc(S(=O)(=O)O)ccc21. The molecule has 2 aromatic rings. The molecule has 2 aliphatic rings. The van der Waals surface area contributed by atoms with Crippen LogP contribution in [0.3, 0.4) is 0 Å². The van der Waals surface area contributed by atoms with E-state index in [1.807, 2.05) is 77.2 Å². The van der Waals surface area contributed by atoms with Crippen LogP contribution in [-0.4, -0.2) is 68.3 Å². The van der Waals surface area contributed by atoms with Crippen LogP contribution in [0.25, 0.3) is 10.4 Å². The van der Waals surface area contributed by atoms with Gasteiger partial charge >= 0.3 is 0 Å². The van der Waals surface area contributed by atoms with Crippen LogP contribution in [0.2, 0.25) is 0 Å². The van der Waals surface area contributed by atoms with Gasteiger partial charge in [0.15, 0.2) is 5.71 Å². The number of carbonyl (C=O) groups excluding carboxylic acids is 1. The van der Waals surface area contributed by atoms with Gasteiger partial charge in [-0.1, -0.05) is 49.3 Å². The van der Waals surface area contributed by atoms with Crippen molar-refractivity contribution in [3.05, 3.63) is 106 Å². The van der Waals surface area contributed by atoms with Gasteiger partial charge in [0.1, 0.15) is 6.54 Å². The molecule has 2 heterocycles. The van der Waals surface area contributed by atoms with Crippen molar-refractivity contribution in [2.45, 2.75) is 87.3 Å². The average Bonchev–Trinajstić information content (AvgIpc) is 3.44. The molecule has 284 valence electrons. The minimum Gasteiger partial charge on any atom is -0.356 e. The number of fused-ring (bicyclic) bond motifs is 2. The summed E-state index contributed by atoms with van der Waals surface area (Å²) in [6, 6.07) is 9.34. The molecule has 0 saturated heterocycles. The van der Waals surface area contributed by atoms with Crippen molar-refractivity contribution in [2.24, 2.45) is 5.11 Å². The summed E-state index contributed by atoms with van der Waals surface area (Å²) in [5.74, 6) is -0.0439. The van der Waals surface area contributed by atoms with Crippen LogP contribution < -0.4 is 10.2 Å². The second-order valence-electron chi connectivity index (χ2n) is 14.0. The third-order valence-electron chi connectivity index (χ3n) is 9.70. The molecule has 53 heavy (non-hydrogen) atoms. The number of nitrogens with one attached hydrogen (secondary N) is 1. The van der Waals surface area contributed by atoms with Crippen LogP contribution in [0.15, 0.2) is 99.5 Å². The maximum Gasteiger partial charge on any atom is 0.294 e. The van der Waals surface area contributed by atoms with E-state index in [9.17, 15) is 30.7 Å². The fraction of sp³-hybridized carbons (Fsp3) is 0.421. The highest BCUT2D eigenvalue weighted by molar-refractivity contribution is 7.86. The molecule has 0 aliphatic carbocycles. The Morgan fingerprint density at radius 1 is 0.887 bits per heavy atom. The Kier molecular flexibility index (Phi) is 13.3. The van der Waals surface area contributed by atoms with Crippen LogP contribution in [0.5, 0.6) is 0 Å². The molecule has 15 heteroatoms. The van der Waals surface area contributed by atoms with Crippen molar-refractivity contribution in [3.63, 3.8) is 0 Å². The second-order valence-corrected chi connectivity index (χ2v) is 16.8. The van der Waals surface area contributed by atoms with Crippen molar-refractivity contribution >= 4 is 43.2 Å². The molecular formula is C38H49N6O7S2+. The van der Waals surface area contributed by atoms with E-state index >= 15 is 0 Å². The number of benzene rings is 2. The van der Waals surface area contributed by atoms with Crippen molar-refractivity contribution in [3.8, 4) is 0 Å². The van der Waals surface area contributed by atoms with Crippen LogP contribution in [0, 0.1) is 0 Å². The summed E-state index contributed by atoms with van der Waals surface area (Å²) >= 11 is 0. The minimum atomic E-state index is -4.39. The smallest absolute Gasteiger partial charge is 0.294 e. The molecule has 1 amide bonds. The number of azide groups is 1. The van der Waals surface area contributed by atoms with E-state index in [1.165, 1.54) is 24.3 Å². The predicted molar refractivity (Wildman–Crippen MR) is 207 cm³/mol. The number of anilines is 1. The van der Waals surface area contributed by atoms with Gasteiger partial charge in [-0.2, -0.15) is 21.4 Å². The maximum atomic E-state index is 12.2. The number of hydrogen-bond acceptors (Lipinski definition) is 7. The molecule has 0 aromatic heterocycles. The third kappa shape index (κ3) is 9.72. The summed E-state index contributed by atoms with van der Waals surface area (Å²) in [6.45, 7) is 12.2. The first kappa shape index (κ1) is 41.2. The van der Waals surface area contributed by atoms with Crippen LogP contribution in [0.4, 0.5) is 11.4 Å². The zero-order valence-corrected chi connectivity index (χ0v) is 32.5. The van der Waals surface area contributed by atoms with Gasteiger partial charge in [0.25, 0.3) is 20.2 Å². The number of unbranched alkanes of at least 4 members (excludes halogenated alkanes) is 2. The Morgan fingerprint density at radius 3 is 2.19 bits per heavy atom. The number of nitrogens with zero attached hydrogens (tertiary/aromatic N) is 5. The second kappa shape index (κ2) is 17.1. The Balaban J connectivity index is 1.49. The van der Waals surface area contributed by atoms with Crippen molar-refractivity contribution in [1.82, 2.24) is 5.32 Å². The molecule has 2 aromatic carbocycles. The molecule has 3 N–H and O–H groups in total. The lowest BCUT2D eigenvalue weighted by Gasteiger charge is -2.25. The van der Waals surface area contributed by atoms with Gasteiger partial charge in [-0.15, -0.1) is 0 Å². The number of carbonyl (C=O) groups is 1. The summed E-state index contributed by atoms with van der Waals surface area (Å²) in [5.41, 5.74) is 12.6. The summed E-state index contributed by atoms with van der Waals surface area (Å²) in [6.07, 6.45) is 16.8. The quantitative estimate of drug-likeness (QED) is 0.0284. The average molecular weight is 766 g/mol. The van der Waals surface area contributed by atoms with Gasteiger partial charge in [0.05, 0.1) is 15.2 Å². The number of likely N-dealkylation sites (N-methyl/N-ethyl adjacent to an activating group) is 1. The Bertz CT molecular complexity index is 2140. The van der Waals surface area contributed by atoms with E-state index in [2.05, 4.69) is 24.8 Å². The first-order valence-corrected chi connectivity index (χ1v) is 20.5. The molecule has 0 saturated carbocycles. The van der Waals surface area contributed by atoms with Gasteiger partial charge in [0.2, 0.25) is 11.6 Å². The lowest BCUT2D eigenvalue weighted by molar-refractivity contribution is -0.438. The zero-order valence-electron chi connectivity index (χ0n) is 30.9. The van der Waals surface area contributed by atoms with E-state index in [4.69, 9.17) is 5.53 Å². The van der Waals surface area contributed by atoms with Crippen LogP contribution in [-0.2, 0) is 35.9 Å². The Labute approximate surface area is 312 Å². The Hall–Kier alpha value is -4.53. The first-order chi connectivity index (χ1) is 24.9. The van der Waals surface area contributed by atoms with E-state index < -0.39 is 31.1 Å². The molecule has 0 unspecified atom stereocenters. The lowest BCUT2D eigenvalue weighted by Crippen LogP contribution is -2.28. The molecular weight excluding hydrogens is 717 g/mol. The number of allylic oxidation sites excluding steroid dienone is 8. The molecule has 2 aliphatic heterocycles. The highest BCUT2D eigenvalue weighted by atomic mass is 32.2. The monoisotopic (exact) mass is 765 g/mol. The molecule has 0 radical (unpaired) electrons. The highest BCUT2D eigenvalue weighted by Crippen LogP contribution is 2.48. The predicted octanol–water partition coefficient (Wildman–Crippen LogP) is 7.30.